The summed E-state index contributed by atoms with van der Waals surface area (Å²) < 4.78 is 29.4. The third kappa shape index (κ3) is 2.06. The number of hydrogen-bond donors (Lipinski definition) is 1. The van der Waals surface area contributed by atoms with Gasteiger partial charge in [-0.2, -0.15) is 5.26 Å². The fourth-order valence-corrected chi connectivity index (χ4v) is 3.18. The highest BCUT2D eigenvalue weighted by molar-refractivity contribution is 6.04. The number of benzene rings is 2. The second-order valence-electron chi connectivity index (χ2n) is 5.63. The summed E-state index contributed by atoms with van der Waals surface area (Å²) in [5.74, 6) is -1.58. The van der Waals surface area contributed by atoms with Crippen molar-refractivity contribution in [1.82, 2.24) is 9.88 Å². The average Bonchev–Trinajstić information content (AvgIpc) is 2.94. The Bertz CT molecular complexity index is 1050. The molecule has 4 nitrogen and oxygen atoms in total. The summed E-state index contributed by atoms with van der Waals surface area (Å²) in [6, 6.07) is 10.3. The van der Waals surface area contributed by atoms with E-state index in [0.717, 1.165) is 6.07 Å². The molecule has 0 fully saturated rings. The highest BCUT2D eigenvalue weighted by Crippen LogP contribution is 2.34. The molecule has 4 rings (SSSR count). The van der Waals surface area contributed by atoms with Crippen molar-refractivity contribution >= 4 is 16.8 Å². The minimum absolute atomic E-state index is 0.199. The predicted octanol–water partition coefficient (Wildman–Crippen LogP) is 3.20. The van der Waals surface area contributed by atoms with Crippen molar-refractivity contribution in [1.29, 1.82) is 5.26 Å². The van der Waals surface area contributed by atoms with Gasteiger partial charge in [0.1, 0.15) is 17.3 Å². The molecule has 0 saturated carbocycles. The maximum Gasteiger partial charge on any atom is 0.268 e. The second kappa shape index (κ2) is 5.17. The van der Waals surface area contributed by atoms with Crippen molar-refractivity contribution in [3.8, 4) is 17.2 Å². The molecular formula is C18H11F2N3O. The molecule has 24 heavy (non-hydrogen) atoms. The summed E-state index contributed by atoms with van der Waals surface area (Å²) in [4.78, 5) is 12.0. The molecule has 3 aromatic rings. The van der Waals surface area contributed by atoms with Crippen LogP contribution in [0.5, 0.6) is 0 Å². The summed E-state index contributed by atoms with van der Waals surface area (Å²) in [5.41, 5.74) is 2.16. The molecule has 0 unspecified atom stereocenters. The zero-order valence-electron chi connectivity index (χ0n) is 12.4. The van der Waals surface area contributed by atoms with Gasteiger partial charge >= 0.3 is 0 Å². The molecule has 0 saturated heterocycles. The Hall–Kier alpha value is -3.20. The highest BCUT2D eigenvalue weighted by Gasteiger charge is 2.23. The monoisotopic (exact) mass is 323 g/mol. The van der Waals surface area contributed by atoms with Crippen LogP contribution in [0.1, 0.15) is 16.1 Å². The third-order valence-electron chi connectivity index (χ3n) is 4.20. The van der Waals surface area contributed by atoms with E-state index in [9.17, 15) is 18.8 Å². The minimum atomic E-state index is -0.706. The van der Waals surface area contributed by atoms with E-state index in [4.69, 9.17) is 0 Å². The molecule has 0 atom stereocenters. The molecule has 1 aromatic heterocycles. The van der Waals surface area contributed by atoms with Crippen LogP contribution in [0.4, 0.5) is 8.78 Å². The molecule has 0 radical (unpaired) electrons. The number of hydrogen-bond acceptors (Lipinski definition) is 2. The van der Waals surface area contributed by atoms with E-state index in [0.29, 0.717) is 40.8 Å². The standard InChI is InChI=1S/C18H11F2N3O/c19-12-1-2-13(15(20)8-12)14-6-10(9-21)5-11-7-16-18(24)22-3-4-23(16)17(11)14/h1-2,5-8H,3-4H2,(H,22,24). The lowest BCUT2D eigenvalue weighted by Gasteiger charge is -2.18. The number of fused-ring (bicyclic) bond motifs is 3. The summed E-state index contributed by atoms with van der Waals surface area (Å²) in [5, 5.41) is 12.7. The number of carbonyl (C=O) groups is 1. The van der Waals surface area contributed by atoms with E-state index >= 15 is 0 Å². The van der Waals surface area contributed by atoms with Gasteiger partial charge in [-0.25, -0.2) is 8.78 Å². The lowest BCUT2D eigenvalue weighted by molar-refractivity contribution is 0.0929. The number of rotatable bonds is 1. The van der Waals surface area contributed by atoms with Crippen molar-refractivity contribution in [3.05, 3.63) is 59.3 Å². The average molecular weight is 323 g/mol. The Morgan fingerprint density at radius 2 is 1.96 bits per heavy atom. The molecule has 1 amide bonds. The van der Waals surface area contributed by atoms with E-state index in [1.807, 2.05) is 10.6 Å². The van der Waals surface area contributed by atoms with Gasteiger partial charge in [0.2, 0.25) is 0 Å². The Kier molecular flexibility index (Phi) is 3.10. The number of amides is 1. The third-order valence-corrected chi connectivity index (χ3v) is 4.20. The van der Waals surface area contributed by atoms with Gasteiger partial charge in [-0.15, -0.1) is 0 Å². The maximum atomic E-state index is 14.3. The van der Waals surface area contributed by atoms with Gasteiger partial charge in [0.15, 0.2) is 0 Å². The molecule has 6 heteroatoms. The van der Waals surface area contributed by atoms with Crippen LogP contribution in [0.2, 0.25) is 0 Å². The number of nitriles is 1. The normalized spacial score (nSPS) is 13.5. The van der Waals surface area contributed by atoms with Gasteiger partial charge in [0, 0.05) is 35.7 Å². The zero-order chi connectivity index (χ0) is 16.8. The first-order valence-electron chi connectivity index (χ1n) is 7.39. The van der Waals surface area contributed by atoms with Gasteiger partial charge < -0.3 is 9.88 Å². The smallest absolute Gasteiger partial charge is 0.268 e. The van der Waals surface area contributed by atoms with Crippen LogP contribution in [0.25, 0.3) is 22.0 Å². The molecule has 0 spiro atoms. The molecule has 118 valence electrons. The van der Waals surface area contributed by atoms with Gasteiger partial charge in [0.25, 0.3) is 5.91 Å². The Morgan fingerprint density at radius 3 is 2.71 bits per heavy atom. The Labute approximate surface area is 135 Å². The van der Waals surface area contributed by atoms with Gasteiger partial charge in [-0.1, -0.05) is 0 Å². The number of aromatic nitrogens is 1. The lowest BCUT2D eigenvalue weighted by atomic mass is 9.99. The molecule has 1 aliphatic rings. The number of nitrogens with one attached hydrogen (secondary N) is 1. The predicted molar refractivity (Wildman–Crippen MR) is 84.3 cm³/mol. The van der Waals surface area contributed by atoms with Gasteiger partial charge in [-0.3, -0.25) is 4.79 Å². The molecule has 2 heterocycles. The van der Waals surface area contributed by atoms with Crippen molar-refractivity contribution < 1.29 is 13.6 Å². The largest absolute Gasteiger partial charge is 0.349 e. The fraction of sp³-hybridized carbons (Fsp3) is 0.111. The van der Waals surface area contributed by atoms with Crippen LogP contribution < -0.4 is 5.32 Å². The van der Waals surface area contributed by atoms with E-state index in [1.54, 1.807) is 18.2 Å². The van der Waals surface area contributed by atoms with Crippen LogP contribution in [0.3, 0.4) is 0 Å². The summed E-state index contributed by atoms with van der Waals surface area (Å²) in [6.45, 7) is 1.02. The molecule has 0 bridgehead atoms. The van der Waals surface area contributed by atoms with E-state index in [-0.39, 0.29) is 11.5 Å². The summed E-state index contributed by atoms with van der Waals surface area (Å²) >= 11 is 0. The molecule has 1 aliphatic heterocycles. The first kappa shape index (κ1) is 14.4. The molecule has 1 N–H and O–H groups in total. The lowest BCUT2D eigenvalue weighted by Crippen LogP contribution is -2.34. The topological polar surface area (TPSA) is 57.8 Å². The molecule has 2 aromatic carbocycles. The van der Waals surface area contributed by atoms with Crippen LogP contribution in [-0.4, -0.2) is 17.0 Å². The van der Waals surface area contributed by atoms with Crippen molar-refractivity contribution in [2.24, 2.45) is 0 Å². The SMILES string of the molecule is N#Cc1cc(-c2ccc(F)cc2F)c2c(c1)cc1n2CCNC1=O. The van der Waals surface area contributed by atoms with Crippen molar-refractivity contribution in [2.75, 3.05) is 6.54 Å². The zero-order valence-corrected chi connectivity index (χ0v) is 12.4. The van der Waals surface area contributed by atoms with E-state index < -0.39 is 11.6 Å². The number of carbonyl (C=O) groups excluding carboxylic acids is 1. The number of halogens is 2. The van der Waals surface area contributed by atoms with Crippen LogP contribution in [0, 0.1) is 23.0 Å². The van der Waals surface area contributed by atoms with E-state index in [2.05, 4.69) is 5.32 Å². The Morgan fingerprint density at radius 1 is 1.12 bits per heavy atom. The van der Waals surface area contributed by atoms with E-state index in [1.165, 1.54) is 12.1 Å². The molecule has 0 aliphatic carbocycles. The fourth-order valence-electron chi connectivity index (χ4n) is 3.18. The van der Waals surface area contributed by atoms with Crippen molar-refractivity contribution in [3.63, 3.8) is 0 Å². The first-order valence-corrected chi connectivity index (χ1v) is 7.39. The minimum Gasteiger partial charge on any atom is -0.349 e. The second-order valence-corrected chi connectivity index (χ2v) is 5.63. The summed E-state index contributed by atoms with van der Waals surface area (Å²) in [6.07, 6.45) is 0. The van der Waals surface area contributed by atoms with Crippen LogP contribution >= 0.6 is 0 Å². The van der Waals surface area contributed by atoms with Crippen molar-refractivity contribution in [2.45, 2.75) is 6.54 Å². The van der Waals surface area contributed by atoms with Gasteiger partial charge in [-0.05, 0) is 30.3 Å². The van der Waals surface area contributed by atoms with Gasteiger partial charge in [0.05, 0.1) is 17.1 Å². The van der Waals surface area contributed by atoms with Crippen LogP contribution in [-0.2, 0) is 6.54 Å². The summed E-state index contributed by atoms with van der Waals surface area (Å²) in [7, 11) is 0. The quantitative estimate of drug-likeness (QED) is 0.747. The highest BCUT2D eigenvalue weighted by atomic mass is 19.1. The van der Waals surface area contributed by atoms with Crippen LogP contribution in [0.15, 0.2) is 36.4 Å². The maximum absolute atomic E-state index is 14.3. The number of nitrogens with zero attached hydrogens (tertiary/aromatic N) is 2. The molecular weight excluding hydrogens is 312 g/mol. The first-order chi connectivity index (χ1) is 11.6. The Balaban J connectivity index is 2.10.